The van der Waals surface area contributed by atoms with Gasteiger partial charge in [0, 0.05) is 28.6 Å². The van der Waals surface area contributed by atoms with Crippen LogP contribution in [0.2, 0.25) is 23.2 Å². The largest absolute Gasteiger partial charge is 0.507 e. The molecule has 10 nitrogen and oxygen atoms in total. The first-order valence-electron chi connectivity index (χ1n) is 20.5. The summed E-state index contributed by atoms with van der Waals surface area (Å²) < 4.78 is 26.1. The number of hydrogen-bond donors (Lipinski definition) is 1. The number of carbonyl (C=O) groups is 2. The van der Waals surface area contributed by atoms with Crippen molar-refractivity contribution in [3.63, 3.8) is 0 Å². The molecule has 0 saturated heterocycles. The number of rotatable bonds is 11. The molecule has 1 N–H and O–H groups in total. The Hall–Kier alpha value is -4.26. The van der Waals surface area contributed by atoms with E-state index in [-0.39, 0.29) is 46.6 Å². The molecule has 3 aliphatic rings. The number of halogens is 1. The zero-order valence-electron chi connectivity index (χ0n) is 36.2. The molecule has 3 aromatic carbocycles. The lowest BCUT2D eigenvalue weighted by atomic mass is 9.57. The monoisotopic (exact) mass is 839 g/mol. The molecule has 4 atom stereocenters. The number of Topliss-reactive ketones (excluding diaryl/α,β-unsaturated/α-hetero) is 2. The van der Waals surface area contributed by atoms with E-state index in [1.165, 1.54) is 0 Å². The minimum atomic E-state index is -2.91. The molecule has 0 aliphatic heterocycles. The minimum Gasteiger partial charge on any atom is -0.507 e. The summed E-state index contributed by atoms with van der Waals surface area (Å²) in [5, 5.41) is 17.1. The van der Waals surface area contributed by atoms with Crippen molar-refractivity contribution in [2.75, 3.05) is 21.1 Å². The SMILES string of the molecule is CN(C)[C@@H]1c2onc(OCc3ccccc3)c2C(=O)[C@@]2(O[Si](C)(C)C(C)(C)C)C(=O)C3=C(O)c4c(OCc5ccccc5)cc(CN(C)C(C)(C)C)c(Cl)c4C[C@H]3C[C@@H]12. The van der Waals surface area contributed by atoms with Crippen LogP contribution >= 0.6 is 11.6 Å². The predicted octanol–water partition coefficient (Wildman–Crippen LogP) is 10.0. The summed E-state index contributed by atoms with van der Waals surface area (Å²) in [4.78, 5) is 35.7. The van der Waals surface area contributed by atoms with Gasteiger partial charge in [0.05, 0.1) is 11.6 Å². The van der Waals surface area contributed by atoms with Crippen molar-refractivity contribution in [2.24, 2.45) is 11.8 Å². The van der Waals surface area contributed by atoms with Crippen LogP contribution in [0.1, 0.15) is 97.9 Å². The van der Waals surface area contributed by atoms with Gasteiger partial charge in [-0.1, -0.05) is 93.0 Å². The first kappa shape index (κ1) is 42.8. The second kappa shape index (κ2) is 15.6. The maximum Gasteiger partial charge on any atom is 0.265 e. The van der Waals surface area contributed by atoms with Crippen LogP contribution in [0.25, 0.3) is 5.76 Å². The number of aliphatic hydroxyl groups excluding tert-OH is 1. The lowest BCUT2D eigenvalue weighted by molar-refractivity contribution is -0.140. The van der Waals surface area contributed by atoms with Crippen molar-refractivity contribution in [3.8, 4) is 11.6 Å². The molecule has 12 heteroatoms. The first-order chi connectivity index (χ1) is 27.7. The van der Waals surface area contributed by atoms with Crippen LogP contribution < -0.4 is 9.47 Å². The average Bonchev–Trinajstić information content (AvgIpc) is 3.59. The van der Waals surface area contributed by atoms with Crippen molar-refractivity contribution in [3.05, 3.63) is 116 Å². The summed E-state index contributed by atoms with van der Waals surface area (Å²) in [5.74, 6) is -1.75. The van der Waals surface area contributed by atoms with Gasteiger partial charge in [0.15, 0.2) is 19.7 Å². The molecule has 314 valence electrons. The topological polar surface area (TPSA) is 115 Å². The summed E-state index contributed by atoms with van der Waals surface area (Å²) >= 11 is 7.37. The molecule has 7 rings (SSSR count). The average molecular weight is 841 g/mol. The number of aliphatic hydroxyl groups is 1. The van der Waals surface area contributed by atoms with Crippen LogP contribution in [-0.2, 0) is 35.4 Å². The zero-order valence-corrected chi connectivity index (χ0v) is 38.0. The summed E-state index contributed by atoms with van der Waals surface area (Å²) in [6.07, 6.45) is 0.681. The van der Waals surface area contributed by atoms with Gasteiger partial charge in [0.25, 0.3) is 5.88 Å². The summed E-state index contributed by atoms with van der Waals surface area (Å²) in [7, 11) is 2.95. The van der Waals surface area contributed by atoms with Crippen LogP contribution in [0, 0.1) is 11.8 Å². The van der Waals surface area contributed by atoms with E-state index in [4.69, 9.17) is 30.0 Å². The summed E-state index contributed by atoms with van der Waals surface area (Å²) in [6.45, 7) is 17.7. The Labute approximate surface area is 354 Å². The van der Waals surface area contributed by atoms with Crippen LogP contribution in [0.4, 0.5) is 0 Å². The number of ether oxygens (including phenoxy) is 2. The number of aromatic nitrogens is 1. The van der Waals surface area contributed by atoms with Crippen molar-refractivity contribution >= 4 is 37.2 Å². The molecule has 0 radical (unpaired) electrons. The lowest BCUT2D eigenvalue weighted by Crippen LogP contribution is -2.68. The molecule has 0 spiro atoms. The molecule has 0 amide bonds. The summed E-state index contributed by atoms with van der Waals surface area (Å²) in [6, 6.07) is 20.7. The highest BCUT2D eigenvalue weighted by Crippen LogP contribution is 2.59. The van der Waals surface area contributed by atoms with Crippen molar-refractivity contribution < 1.29 is 33.1 Å². The quantitative estimate of drug-likeness (QED) is 0.116. The highest BCUT2D eigenvalue weighted by molar-refractivity contribution is 6.74. The van der Waals surface area contributed by atoms with Gasteiger partial charge in [-0.05, 0) is 112 Å². The molecule has 1 heterocycles. The molecular weight excluding hydrogens is 782 g/mol. The van der Waals surface area contributed by atoms with Gasteiger partial charge in [-0.15, -0.1) is 0 Å². The van der Waals surface area contributed by atoms with Crippen LogP contribution in [-0.4, -0.2) is 72.2 Å². The fourth-order valence-corrected chi connectivity index (χ4v) is 10.2. The third-order valence-corrected chi connectivity index (χ3v) is 18.0. The molecule has 0 bridgehead atoms. The Morgan fingerprint density at radius 3 is 2.05 bits per heavy atom. The predicted molar refractivity (Wildman–Crippen MR) is 232 cm³/mol. The van der Waals surface area contributed by atoms with Crippen LogP contribution in [0.3, 0.4) is 0 Å². The first-order valence-corrected chi connectivity index (χ1v) is 23.7. The van der Waals surface area contributed by atoms with E-state index in [9.17, 15) is 5.11 Å². The van der Waals surface area contributed by atoms with E-state index in [0.717, 1.165) is 16.7 Å². The van der Waals surface area contributed by atoms with E-state index in [0.29, 0.717) is 47.0 Å². The van der Waals surface area contributed by atoms with Gasteiger partial charge >= 0.3 is 0 Å². The Kier molecular flexibility index (Phi) is 11.4. The molecular formula is C47H58ClN3O7Si. The number of carbonyl (C=O) groups excluding carboxylic acids is 2. The third kappa shape index (κ3) is 7.58. The maximum absolute atomic E-state index is 15.9. The molecule has 59 heavy (non-hydrogen) atoms. The molecule has 1 fully saturated rings. The third-order valence-electron chi connectivity index (χ3n) is 13.1. The van der Waals surface area contributed by atoms with Gasteiger partial charge in [0.1, 0.15) is 30.3 Å². The van der Waals surface area contributed by atoms with Gasteiger partial charge < -0.3 is 23.5 Å². The number of nitrogens with zero attached hydrogens (tertiary/aromatic N) is 3. The minimum absolute atomic E-state index is 0.00982. The normalized spacial score (nSPS) is 22.0. The number of benzene rings is 3. The van der Waals surface area contributed by atoms with E-state index >= 15 is 9.59 Å². The molecule has 4 aromatic rings. The van der Waals surface area contributed by atoms with Crippen molar-refractivity contribution in [2.45, 2.75) is 109 Å². The van der Waals surface area contributed by atoms with Crippen molar-refractivity contribution in [1.29, 1.82) is 0 Å². The standard InChI is InChI=1S/C47H58ClN3O7Si/c1-45(2,3)51(9)25-31-24-34(55-26-28-18-14-12-15-19-28)36-32(38(31)48)22-30-23-33-39(50(7)8)41-37(44(49-57-41)56-27-29-20-16-13-17-21-29)43(54)47(33,42(53)35(30)40(36)52)58-59(10,11)46(4,5)6/h12-21,24,30,33,39,52H,22-23,25-27H2,1-11H3/t30-,33-,39-,47-/m0/s1. The fourth-order valence-electron chi connectivity index (χ4n) is 8.50. The number of fused-ring (bicyclic) bond motifs is 4. The van der Waals surface area contributed by atoms with Gasteiger partial charge in [-0.3, -0.25) is 19.4 Å². The molecule has 1 aromatic heterocycles. The second-order valence-corrected chi connectivity index (χ2v) is 24.3. The van der Waals surface area contributed by atoms with Crippen LogP contribution in [0.15, 0.2) is 76.8 Å². The summed E-state index contributed by atoms with van der Waals surface area (Å²) in [5.41, 5.74) is 1.86. The number of hydrogen-bond acceptors (Lipinski definition) is 10. The highest BCUT2D eigenvalue weighted by atomic mass is 35.5. The highest BCUT2D eigenvalue weighted by Gasteiger charge is 2.69. The van der Waals surface area contributed by atoms with Gasteiger partial charge in [0.2, 0.25) is 11.6 Å². The fraction of sp³-hybridized carbons (Fsp3) is 0.468. The lowest BCUT2D eigenvalue weighted by Gasteiger charge is -2.55. The van der Waals surface area contributed by atoms with E-state index in [1.54, 1.807) is 0 Å². The van der Waals surface area contributed by atoms with E-state index in [1.807, 2.05) is 98.8 Å². The van der Waals surface area contributed by atoms with E-state index in [2.05, 4.69) is 58.6 Å². The molecule has 3 aliphatic carbocycles. The van der Waals surface area contributed by atoms with Crippen molar-refractivity contribution in [1.82, 2.24) is 15.0 Å². The Morgan fingerprint density at radius 1 is 0.898 bits per heavy atom. The van der Waals surface area contributed by atoms with Gasteiger partial charge in [-0.25, -0.2) is 0 Å². The Bertz CT molecular complexity index is 2280. The Morgan fingerprint density at radius 2 is 1.49 bits per heavy atom. The van der Waals surface area contributed by atoms with Crippen LogP contribution in [0.5, 0.6) is 11.6 Å². The van der Waals surface area contributed by atoms with E-state index < -0.39 is 43.4 Å². The maximum atomic E-state index is 15.9. The zero-order chi connectivity index (χ0) is 42.8. The van der Waals surface area contributed by atoms with Gasteiger partial charge in [-0.2, -0.15) is 0 Å². The molecule has 0 unspecified atom stereocenters. The molecule has 1 saturated carbocycles. The Balaban J connectivity index is 1.42. The second-order valence-electron chi connectivity index (χ2n) is 19.2. The number of ketones is 2. The smallest absolute Gasteiger partial charge is 0.265 e.